The second-order valence-electron chi connectivity index (χ2n) is 8.17. The number of thiophene rings is 1. The predicted molar refractivity (Wildman–Crippen MR) is 121 cm³/mol. The third-order valence-corrected chi connectivity index (χ3v) is 8.54. The molecule has 0 aliphatic carbocycles. The van der Waals surface area contributed by atoms with Crippen LogP contribution in [0.2, 0.25) is 0 Å². The van der Waals surface area contributed by atoms with Gasteiger partial charge in [0.15, 0.2) is 0 Å². The molecule has 2 aromatic rings. The molecule has 6 nitrogen and oxygen atoms in total. The summed E-state index contributed by atoms with van der Waals surface area (Å²) in [6.07, 6.45) is 2.25. The van der Waals surface area contributed by atoms with Crippen molar-refractivity contribution >= 4 is 27.3 Å². The maximum atomic E-state index is 12.6. The van der Waals surface area contributed by atoms with Crippen LogP contribution in [0.1, 0.15) is 41.9 Å². The molecule has 1 aromatic heterocycles. The first-order chi connectivity index (χ1) is 14.3. The number of hydrogen-bond donors (Lipinski definition) is 1. The highest BCUT2D eigenvalue weighted by atomic mass is 32.2. The van der Waals surface area contributed by atoms with E-state index in [1.807, 2.05) is 13.8 Å². The summed E-state index contributed by atoms with van der Waals surface area (Å²) in [6, 6.07) is 10.3. The van der Waals surface area contributed by atoms with Crippen molar-refractivity contribution in [3.8, 4) is 0 Å². The molecule has 164 valence electrons. The van der Waals surface area contributed by atoms with E-state index in [0.29, 0.717) is 18.0 Å². The Morgan fingerprint density at radius 2 is 2.00 bits per heavy atom. The van der Waals surface area contributed by atoms with Gasteiger partial charge < -0.3 is 5.32 Å². The largest absolute Gasteiger partial charge is 0.352 e. The SMILES string of the molecule is CC(C)N(C)S(=O)(=O)c1ccc(C(=O)NCC2CCCN(Cc3cccs3)C2)cc1. The van der Waals surface area contributed by atoms with Gasteiger partial charge >= 0.3 is 0 Å². The Hall–Kier alpha value is -1.74. The van der Waals surface area contributed by atoms with Crippen molar-refractivity contribution in [2.75, 3.05) is 26.7 Å². The lowest BCUT2D eigenvalue weighted by Crippen LogP contribution is -2.40. The molecule has 0 bridgehead atoms. The third kappa shape index (κ3) is 5.69. The molecule has 30 heavy (non-hydrogen) atoms. The van der Waals surface area contributed by atoms with Crippen molar-refractivity contribution in [2.24, 2.45) is 5.92 Å². The quantitative estimate of drug-likeness (QED) is 0.670. The number of amides is 1. The molecule has 1 atom stereocenters. The van der Waals surface area contributed by atoms with Gasteiger partial charge in [-0.05, 0) is 74.9 Å². The summed E-state index contributed by atoms with van der Waals surface area (Å²) in [5.74, 6) is 0.272. The maximum Gasteiger partial charge on any atom is 0.251 e. The number of piperidine rings is 1. The van der Waals surface area contributed by atoms with Gasteiger partial charge in [0.25, 0.3) is 5.91 Å². The van der Waals surface area contributed by atoms with Gasteiger partial charge in [-0.3, -0.25) is 9.69 Å². The lowest BCUT2D eigenvalue weighted by Gasteiger charge is -2.32. The molecular weight excluding hydrogens is 418 g/mol. The summed E-state index contributed by atoms with van der Waals surface area (Å²) in [7, 11) is -1.98. The van der Waals surface area contributed by atoms with Gasteiger partial charge in [-0.15, -0.1) is 11.3 Å². The van der Waals surface area contributed by atoms with Crippen LogP contribution in [-0.2, 0) is 16.6 Å². The highest BCUT2D eigenvalue weighted by Gasteiger charge is 2.24. The van der Waals surface area contributed by atoms with Crippen LogP contribution in [0.15, 0.2) is 46.7 Å². The van der Waals surface area contributed by atoms with Crippen LogP contribution in [0.5, 0.6) is 0 Å². The second kappa shape index (κ2) is 10.0. The van der Waals surface area contributed by atoms with Crippen LogP contribution >= 0.6 is 11.3 Å². The number of sulfonamides is 1. The fraction of sp³-hybridized carbons (Fsp3) is 0.500. The van der Waals surface area contributed by atoms with Crippen molar-refractivity contribution in [2.45, 2.75) is 44.2 Å². The lowest BCUT2D eigenvalue weighted by molar-refractivity contribution is 0.0930. The molecule has 0 saturated carbocycles. The van der Waals surface area contributed by atoms with Crippen molar-refractivity contribution in [1.82, 2.24) is 14.5 Å². The minimum Gasteiger partial charge on any atom is -0.352 e. The maximum absolute atomic E-state index is 12.6. The molecule has 1 unspecified atom stereocenters. The predicted octanol–water partition coefficient (Wildman–Crippen LogP) is 3.42. The van der Waals surface area contributed by atoms with Crippen molar-refractivity contribution in [3.63, 3.8) is 0 Å². The van der Waals surface area contributed by atoms with Gasteiger partial charge in [-0.25, -0.2) is 8.42 Å². The summed E-state index contributed by atoms with van der Waals surface area (Å²) >= 11 is 1.78. The van der Waals surface area contributed by atoms with E-state index >= 15 is 0 Å². The molecule has 1 aliphatic heterocycles. The Kier molecular flexibility index (Phi) is 7.68. The van der Waals surface area contributed by atoms with Crippen molar-refractivity contribution < 1.29 is 13.2 Å². The number of likely N-dealkylation sites (tertiary alicyclic amines) is 1. The van der Waals surface area contributed by atoms with E-state index in [0.717, 1.165) is 32.5 Å². The smallest absolute Gasteiger partial charge is 0.251 e. The molecule has 1 N–H and O–H groups in total. The summed E-state index contributed by atoms with van der Waals surface area (Å²) < 4.78 is 26.4. The molecular formula is C22H31N3O3S2. The number of carbonyl (C=O) groups excluding carboxylic acids is 1. The third-order valence-electron chi connectivity index (χ3n) is 5.63. The average molecular weight is 450 g/mol. The van der Waals surface area contributed by atoms with Crippen molar-refractivity contribution in [3.05, 3.63) is 52.2 Å². The molecule has 0 spiro atoms. The molecule has 1 amide bonds. The summed E-state index contributed by atoms with van der Waals surface area (Å²) in [5.41, 5.74) is 0.479. The number of carbonyl (C=O) groups is 1. The number of nitrogens with one attached hydrogen (secondary N) is 1. The Balaban J connectivity index is 1.53. The van der Waals surface area contributed by atoms with Gasteiger partial charge in [0, 0.05) is 43.2 Å². The van der Waals surface area contributed by atoms with Crippen LogP contribution in [0, 0.1) is 5.92 Å². The van der Waals surface area contributed by atoms with E-state index in [4.69, 9.17) is 0 Å². The van der Waals surface area contributed by atoms with E-state index in [-0.39, 0.29) is 16.8 Å². The monoisotopic (exact) mass is 449 g/mol. The fourth-order valence-electron chi connectivity index (χ4n) is 3.65. The molecule has 1 fully saturated rings. The highest BCUT2D eigenvalue weighted by Crippen LogP contribution is 2.20. The number of nitrogens with zero attached hydrogens (tertiary/aromatic N) is 2. The van der Waals surface area contributed by atoms with Gasteiger partial charge in [0.2, 0.25) is 10.0 Å². The zero-order chi connectivity index (χ0) is 21.7. The van der Waals surface area contributed by atoms with Gasteiger partial charge in [0.05, 0.1) is 4.90 Å². The molecule has 2 heterocycles. The normalized spacial score (nSPS) is 18.1. The van der Waals surface area contributed by atoms with E-state index in [9.17, 15) is 13.2 Å². The van der Waals surface area contributed by atoms with Crippen LogP contribution in [-0.4, -0.2) is 56.3 Å². The van der Waals surface area contributed by atoms with Gasteiger partial charge in [0.1, 0.15) is 0 Å². The minimum atomic E-state index is -3.54. The fourth-order valence-corrected chi connectivity index (χ4v) is 5.76. The van der Waals surface area contributed by atoms with Crippen LogP contribution in [0.3, 0.4) is 0 Å². The number of rotatable bonds is 8. The van der Waals surface area contributed by atoms with Crippen LogP contribution in [0.4, 0.5) is 0 Å². The Morgan fingerprint density at radius 1 is 1.27 bits per heavy atom. The Morgan fingerprint density at radius 3 is 2.63 bits per heavy atom. The van der Waals surface area contributed by atoms with Gasteiger partial charge in [-0.2, -0.15) is 4.31 Å². The first-order valence-corrected chi connectivity index (χ1v) is 12.7. The second-order valence-corrected chi connectivity index (χ2v) is 11.2. The molecule has 1 aromatic carbocycles. The summed E-state index contributed by atoms with van der Waals surface area (Å²) in [4.78, 5) is 16.6. The van der Waals surface area contributed by atoms with Crippen LogP contribution in [0.25, 0.3) is 0 Å². The first kappa shape index (κ1) is 22.9. The first-order valence-electron chi connectivity index (χ1n) is 10.4. The topological polar surface area (TPSA) is 69.7 Å². The van der Waals surface area contributed by atoms with E-state index in [1.54, 1.807) is 30.5 Å². The van der Waals surface area contributed by atoms with Crippen LogP contribution < -0.4 is 5.32 Å². The molecule has 0 radical (unpaired) electrons. The Labute approximate surface area is 183 Å². The summed E-state index contributed by atoms with van der Waals surface area (Å²) in [5, 5.41) is 5.13. The Bertz CT molecular complexity index is 925. The highest BCUT2D eigenvalue weighted by molar-refractivity contribution is 7.89. The van der Waals surface area contributed by atoms with E-state index in [1.165, 1.54) is 21.3 Å². The molecule has 8 heteroatoms. The zero-order valence-corrected chi connectivity index (χ0v) is 19.5. The molecule has 3 rings (SSSR count). The number of hydrogen-bond acceptors (Lipinski definition) is 5. The molecule has 1 aliphatic rings. The standard InChI is InChI=1S/C22H31N3O3S2/c1-17(2)24(3)30(27,28)21-10-8-19(9-11-21)22(26)23-14-18-6-4-12-25(15-18)16-20-7-5-13-29-20/h5,7-11,13,17-18H,4,6,12,14-16H2,1-3H3,(H,23,26). The average Bonchev–Trinajstić information content (AvgIpc) is 3.24. The van der Waals surface area contributed by atoms with Gasteiger partial charge in [-0.1, -0.05) is 6.07 Å². The minimum absolute atomic E-state index is 0.132. The van der Waals surface area contributed by atoms with E-state index < -0.39 is 10.0 Å². The lowest BCUT2D eigenvalue weighted by atomic mass is 9.98. The summed E-state index contributed by atoms with van der Waals surface area (Å²) in [6.45, 7) is 7.34. The zero-order valence-electron chi connectivity index (χ0n) is 17.9. The van der Waals surface area contributed by atoms with Crippen molar-refractivity contribution in [1.29, 1.82) is 0 Å². The molecule has 1 saturated heterocycles. The number of benzene rings is 1. The van der Waals surface area contributed by atoms with E-state index in [2.05, 4.69) is 27.7 Å².